The van der Waals surface area contributed by atoms with Gasteiger partial charge in [-0.15, -0.1) is 0 Å². The fourth-order valence-corrected chi connectivity index (χ4v) is 1.45. The first-order chi connectivity index (χ1) is 5.79. The van der Waals surface area contributed by atoms with Gasteiger partial charge in [-0.3, -0.25) is 0 Å². The van der Waals surface area contributed by atoms with Crippen molar-refractivity contribution in [2.24, 2.45) is 5.92 Å². The van der Waals surface area contributed by atoms with Crippen LogP contribution in [0.1, 0.15) is 24.5 Å². The highest BCUT2D eigenvalue weighted by Crippen LogP contribution is 2.42. The molecule has 12 heavy (non-hydrogen) atoms. The zero-order chi connectivity index (χ0) is 8.55. The van der Waals surface area contributed by atoms with Crippen LogP contribution in [0.3, 0.4) is 0 Å². The van der Waals surface area contributed by atoms with Crippen molar-refractivity contribution in [3.05, 3.63) is 29.8 Å². The second-order valence-electron chi connectivity index (χ2n) is 3.41. The predicted molar refractivity (Wildman–Crippen MR) is 48.5 cm³/mol. The van der Waals surface area contributed by atoms with Crippen molar-refractivity contribution < 1.29 is 5.11 Å². The molecule has 1 aliphatic rings. The number of hydrogen-bond donors (Lipinski definition) is 2. The second-order valence-corrected chi connectivity index (χ2v) is 3.41. The lowest BCUT2D eigenvalue weighted by atomic mass is 10.0. The summed E-state index contributed by atoms with van der Waals surface area (Å²) in [5, 5.41) is 9.76. The predicted octanol–water partition coefficient (Wildman–Crippen LogP) is 1.71. The summed E-state index contributed by atoms with van der Waals surface area (Å²) in [5.41, 5.74) is 7.32. The maximum absolute atomic E-state index is 9.76. The van der Waals surface area contributed by atoms with Crippen LogP contribution in [0.2, 0.25) is 0 Å². The van der Waals surface area contributed by atoms with Gasteiger partial charge in [0, 0.05) is 11.3 Å². The Morgan fingerprint density at radius 1 is 1.33 bits per heavy atom. The fourth-order valence-electron chi connectivity index (χ4n) is 1.45. The second kappa shape index (κ2) is 2.79. The zero-order valence-electron chi connectivity index (χ0n) is 6.90. The van der Waals surface area contributed by atoms with Crippen LogP contribution in [0.25, 0.3) is 0 Å². The van der Waals surface area contributed by atoms with Gasteiger partial charge in [-0.25, -0.2) is 0 Å². The Balaban J connectivity index is 2.25. The van der Waals surface area contributed by atoms with Gasteiger partial charge in [0.25, 0.3) is 0 Å². The minimum Gasteiger partial charge on any atom is -0.398 e. The molecule has 0 aromatic heterocycles. The molecule has 2 heteroatoms. The molecule has 1 aromatic carbocycles. The van der Waals surface area contributed by atoms with Crippen molar-refractivity contribution in [1.82, 2.24) is 0 Å². The molecule has 0 heterocycles. The van der Waals surface area contributed by atoms with Crippen LogP contribution in [0.4, 0.5) is 5.69 Å². The van der Waals surface area contributed by atoms with E-state index in [4.69, 9.17) is 5.73 Å². The van der Waals surface area contributed by atoms with Crippen LogP contribution in [0, 0.1) is 5.92 Å². The third-order valence-electron chi connectivity index (χ3n) is 2.38. The van der Waals surface area contributed by atoms with Crippen LogP contribution in [-0.4, -0.2) is 5.11 Å². The summed E-state index contributed by atoms with van der Waals surface area (Å²) in [6.45, 7) is 0. The zero-order valence-corrected chi connectivity index (χ0v) is 6.90. The fraction of sp³-hybridized carbons (Fsp3) is 0.400. The average Bonchev–Trinajstić information content (AvgIpc) is 2.86. The molecule has 0 spiro atoms. The molecule has 1 fully saturated rings. The summed E-state index contributed by atoms with van der Waals surface area (Å²) in [6, 6.07) is 7.54. The topological polar surface area (TPSA) is 46.2 Å². The van der Waals surface area contributed by atoms with Gasteiger partial charge >= 0.3 is 0 Å². The molecule has 2 nitrogen and oxygen atoms in total. The Labute approximate surface area is 72.0 Å². The normalized spacial score (nSPS) is 19.1. The molecule has 1 aliphatic carbocycles. The summed E-state index contributed by atoms with van der Waals surface area (Å²) in [7, 11) is 0. The molecule has 64 valence electrons. The highest BCUT2D eigenvalue weighted by molar-refractivity contribution is 5.48. The number of anilines is 1. The average molecular weight is 163 g/mol. The quantitative estimate of drug-likeness (QED) is 0.652. The number of benzene rings is 1. The molecule has 0 aliphatic heterocycles. The third kappa shape index (κ3) is 1.30. The largest absolute Gasteiger partial charge is 0.398 e. The number of aliphatic hydroxyl groups is 1. The van der Waals surface area contributed by atoms with Crippen LogP contribution >= 0.6 is 0 Å². The van der Waals surface area contributed by atoms with E-state index < -0.39 is 0 Å². The Morgan fingerprint density at radius 2 is 2.00 bits per heavy atom. The van der Waals surface area contributed by atoms with Gasteiger partial charge in [0.05, 0.1) is 6.10 Å². The summed E-state index contributed by atoms with van der Waals surface area (Å²) in [4.78, 5) is 0. The minimum atomic E-state index is -0.341. The summed E-state index contributed by atoms with van der Waals surface area (Å²) >= 11 is 0. The van der Waals surface area contributed by atoms with E-state index in [-0.39, 0.29) is 6.10 Å². The van der Waals surface area contributed by atoms with Gasteiger partial charge in [-0.1, -0.05) is 18.2 Å². The van der Waals surface area contributed by atoms with Crippen molar-refractivity contribution in [2.75, 3.05) is 5.73 Å². The lowest BCUT2D eigenvalue weighted by Gasteiger charge is -2.11. The van der Waals surface area contributed by atoms with E-state index >= 15 is 0 Å². The number of hydrogen-bond acceptors (Lipinski definition) is 2. The Bertz CT molecular complexity index is 281. The molecular weight excluding hydrogens is 150 g/mol. The van der Waals surface area contributed by atoms with Gasteiger partial charge in [0.1, 0.15) is 0 Å². The highest BCUT2D eigenvalue weighted by Gasteiger charge is 2.31. The first-order valence-corrected chi connectivity index (χ1v) is 4.31. The maximum Gasteiger partial charge on any atom is 0.0838 e. The smallest absolute Gasteiger partial charge is 0.0838 e. The van der Waals surface area contributed by atoms with Crippen LogP contribution < -0.4 is 5.73 Å². The van der Waals surface area contributed by atoms with Crippen molar-refractivity contribution in [3.63, 3.8) is 0 Å². The van der Waals surface area contributed by atoms with Gasteiger partial charge in [0.15, 0.2) is 0 Å². The van der Waals surface area contributed by atoms with Gasteiger partial charge in [-0.05, 0) is 24.8 Å². The number of nitrogen functional groups attached to an aromatic ring is 1. The number of rotatable bonds is 2. The summed E-state index contributed by atoms with van der Waals surface area (Å²) in [5.74, 6) is 0.453. The van der Waals surface area contributed by atoms with Crippen molar-refractivity contribution in [2.45, 2.75) is 18.9 Å². The standard InChI is InChI=1S/C10H13NO/c11-9-4-2-1-3-8(9)10(12)7-5-6-7/h1-4,7,10,12H,5-6,11H2. The van der Waals surface area contributed by atoms with E-state index in [1.54, 1.807) is 0 Å². The SMILES string of the molecule is Nc1ccccc1C(O)C1CC1. The first-order valence-electron chi connectivity index (χ1n) is 4.31. The molecule has 1 saturated carbocycles. The van der Waals surface area contributed by atoms with E-state index in [1.165, 1.54) is 0 Å². The molecule has 2 rings (SSSR count). The number of para-hydroxylation sites is 1. The lowest BCUT2D eigenvalue weighted by molar-refractivity contribution is 0.154. The summed E-state index contributed by atoms with van der Waals surface area (Å²) < 4.78 is 0. The van der Waals surface area contributed by atoms with Gasteiger partial charge in [-0.2, -0.15) is 0 Å². The van der Waals surface area contributed by atoms with Crippen LogP contribution in [0.15, 0.2) is 24.3 Å². The van der Waals surface area contributed by atoms with E-state index in [2.05, 4.69) is 0 Å². The molecule has 0 radical (unpaired) electrons. The van der Waals surface area contributed by atoms with Crippen molar-refractivity contribution in [1.29, 1.82) is 0 Å². The van der Waals surface area contributed by atoms with E-state index in [9.17, 15) is 5.11 Å². The lowest BCUT2D eigenvalue weighted by Crippen LogP contribution is -2.03. The molecule has 1 atom stereocenters. The molecule has 3 N–H and O–H groups in total. The molecule has 0 saturated heterocycles. The molecule has 0 amide bonds. The molecule has 1 unspecified atom stereocenters. The maximum atomic E-state index is 9.76. The van der Waals surface area contributed by atoms with E-state index in [0.717, 1.165) is 18.4 Å². The highest BCUT2D eigenvalue weighted by atomic mass is 16.3. The third-order valence-corrected chi connectivity index (χ3v) is 2.38. The van der Waals surface area contributed by atoms with E-state index in [0.29, 0.717) is 11.6 Å². The molecular formula is C10H13NO. The Hall–Kier alpha value is -1.02. The number of aliphatic hydroxyl groups excluding tert-OH is 1. The molecule has 0 bridgehead atoms. The number of nitrogens with two attached hydrogens (primary N) is 1. The summed E-state index contributed by atoms with van der Waals surface area (Å²) in [6.07, 6.45) is 1.93. The van der Waals surface area contributed by atoms with Crippen LogP contribution in [0.5, 0.6) is 0 Å². The molecule has 1 aromatic rings. The van der Waals surface area contributed by atoms with Gasteiger partial charge < -0.3 is 10.8 Å². The Morgan fingerprint density at radius 3 is 2.58 bits per heavy atom. The first kappa shape index (κ1) is 7.62. The monoisotopic (exact) mass is 163 g/mol. The van der Waals surface area contributed by atoms with Crippen molar-refractivity contribution in [3.8, 4) is 0 Å². The minimum absolute atomic E-state index is 0.341. The van der Waals surface area contributed by atoms with E-state index in [1.807, 2.05) is 24.3 Å². The van der Waals surface area contributed by atoms with Crippen LogP contribution in [-0.2, 0) is 0 Å². The van der Waals surface area contributed by atoms with Crippen molar-refractivity contribution >= 4 is 5.69 Å². The Kier molecular flexibility index (Phi) is 1.77. The van der Waals surface area contributed by atoms with Gasteiger partial charge in [0.2, 0.25) is 0 Å².